The SMILES string of the molecule is COc1cc(C(O)c2c(N)nc(N)[nH]c2=O)cc(OC)c1OC. The van der Waals surface area contributed by atoms with Gasteiger partial charge in [0.1, 0.15) is 11.9 Å². The van der Waals surface area contributed by atoms with Crippen LogP contribution in [0.2, 0.25) is 0 Å². The van der Waals surface area contributed by atoms with Gasteiger partial charge >= 0.3 is 0 Å². The van der Waals surface area contributed by atoms with Crippen LogP contribution in [-0.4, -0.2) is 36.4 Å². The second kappa shape index (κ2) is 6.44. The summed E-state index contributed by atoms with van der Waals surface area (Å²) in [5.41, 5.74) is 10.7. The monoisotopic (exact) mass is 322 g/mol. The Morgan fingerprint density at radius 2 is 1.70 bits per heavy atom. The Hall–Kier alpha value is -2.94. The molecule has 0 aliphatic carbocycles. The fourth-order valence-corrected chi connectivity index (χ4v) is 2.21. The molecule has 1 aromatic heterocycles. The number of methoxy groups -OCH3 is 3. The van der Waals surface area contributed by atoms with Crippen molar-refractivity contribution in [2.45, 2.75) is 6.10 Å². The highest BCUT2D eigenvalue weighted by atomic mass is 16.5. The van der Waals surface area contributed by atoms with Crippen molar-refractivity contribution in [3.8, 4) is 17.2 Å². The minimum Gasteiger partial charge on any atom is -0.493 e. The zero-order valence-corrected chi connectivity index (χ0v) is 12.9. The third-order valence-corrected chi connectivity index (χ3v) is 3.28. The van der Waals surface area contributed by atoms with Gasteiger partial charge in [0, 0.05) is 0 Å². The number of rotatable bonds is 5. The van der Waals surface area contributed by atoms with Crippen molar-refractivity contribution in [3.05, 3.63) is 33.6 Å². The minimum absolute atomic E-state index is 0.117. The van der Waals surface area contributed by atoms with Crippen LogP contribution in [0, 0.1) is 0 Å². The maximum atomic E-state index is 12.0. The number of ether oxygens (including phenoxy) is 3. The molecule has 0 bridgehead atoms. The first-order chi connectivity index (χ1) is 10.9. The third kappa shape index (κ3) is 2.99. The lowest BCUT2D eigenvalue weighted by atomic mass is 10.0. The minimum atomic E-state index is -1.35. The second-order valence-corrected chi connectivity index (χ2v) is 4.61. The number of hydrogen-bond acceptors (Lipinski definition) is 8. The fourth-order valence-electron chi connectivity index (χ4n) is 2.21. The van der Waals surface area contributed by atoms with Crippen molar-refractivity contribution in [1.82, 2.24) is 9.97 Å². The number of aromatic amines is 1. The number of aliphatic hydroxyl groups excluding tert-OH is 1. The van der Waals surface area contributed by atoms with E-state index in [0.29, 0.717) is 22.8 Å². The molecule has 1 atom stereocenters. The molecule has 0 aliphatic rings. The van der Waals surface area contributed by atoms with Gasteiger partial charge in [-0.1, -0.05) is 0 Å². The predicted molar refractivity (Wildman–Crippen MR) is 83.8 cm³/mol. The molecule has 0 spiro atoms. The van der Waals surface area contributed by atoms with Gasteiger partial charge in [0.2, 0.25) is 11.7 Å². The maximum absolute atomic E-state index is 12.0. The Bertz CT molecular complexity index is 749. The molecule has 2 rings (SSSR count). The first-order valence-electron chi connectivity index (χ1n) is 6.56. The van der Waals surface area contributed by atoms with Crippen LogP contribution in [0.15, 0.2) is 16.9 Å². The van der Waals surface area contributed by atoms with Crippen molar-refractivity contribution in [1.29, 1.82) is 0 Å². The average Bonchev–Trinajstić information content (AvgIpc) is 2.52. The van der Waals surface area contributed by atoms with E-state index in [-0.39, 0.29) is 17.3 Å². The summed E-state index contributed by atoms with van der Waals surface area (Å²) in [5.74, 6) is 0.739. The number of nitrogens with two attached hydrogens (primary N) is 2. The molecule has 0 saturated heterocycles. The zero-order chi connectivity index (χ0) is 17.1. The van der Waals surface area contributed by atoms with Crippen LogP contribution in [0.25, 0.3) is 0 Å². The fraction of sp³-hybridized carbons (Fsp3) is 0.286. The van der Waals surface area contributed by atoms with E-state index >= 15 is 0 Å². The van der Waals surface area contributed by atoms with Gasteiger partial charge in [-0.3, -0.25) is 9.78 Å². The number of nitrogens with one attached hydrogen (secondary N) is 1. The van der Waals surface area contributed by atoms with Gasteiger partial charge in [-0.2, -0.15) is 4.98 Å². The van der Waals surface area contributed by atoms with E-state index in [1.165, 1.54) is 33.5 Å². The topological polar surface area (TPSA) is 146 Å². The molecule has 0 amide bonds. The van der Waals surface area contributed by atoms with Crippen molar-refractivity contribution in [2.24, 2.45) is 0 Å². The Kier molecular flexibility index (Phi) is 4.60. The molecule has 9 heteroatoms. The summed E-state index contributed by atoms with van der Waals surface area (Å²) in [7, 11) is 4.35. The summed E-state index contributed by atoms with van der Waals surface area (Å²) in [6.45, 7) is 0. The van der Waals surface area contributed by atoms with Crippen LogP contribution in [0.3, 0.4) is 0 Å². The Balaban J connectivity index is 2.60. The van der Waals surface area contributed by atoms with Crippen LogP contribution in [0.5, 0.6) is 17.2 Å². The largest absolute Gasteiger partial charge is 0.493 e. The summed E-state index contributed by atoms with van der Waals surface area (Å²) in [6, 6.07) is 3.03. The quantitative estimate of drug-likeness (QED) is 0.603. The number of benzene rings is 1. The summed E-state index contributed by atoms with van der Waals surface area (Å²) in [4.78, 5) is 18.1. The molecular formula is C14H18N4O5. The molecular weight excluding hydrogens is 304 g/mol. The van der Waals surface area contributed by atoms with Crippen molar-refractivity contribution in [3.63, 3.8) is 0 Å². The highest BCUT2D eigenvalue weighted by molar-refractivity contribution is 5.56. The lowest BCUT2D eigenvalue weighted by Gasteiger charge is -2.17. The van der Waals surface area contributed by atoms with Crippen molar-refractivity contribution < 1.29 is 19.3 Å². The molecule has 23 heavy (non-hydrogen) atoms. The number of aliphatic hydroxyl groups is 1. The van der Waals surface area contributed by atoms with Crippen LogP contribution >= 0.6 is 0 Å². The van der Waals surface area contributed by atoms with E-state index in [1.54, 1.807) is 0 Å². The first kappa shape index (κ1) is 16.4. The van der Waals surface area contributed by atoms with Gasteiger partial charge in [-0.05, 0) is 17.7 Å². The maximum Gasteiger partial charge on any atom is 0.260 e. The van der Waals surface area contributed by atoms with Gasteiger partial charge in [0.05, 0.1) is 26.9 Å². The number of anilines is 2. The number of nitrogen functional groups attached to an aromatic ring is 2. The molecule has 1 unspecified atom stereocenters. The van der Waals surface area contributed by atoms with Gasteiger partial charge in [0.25, 0.3) is 5.56 Å². The summed E-state index contributed by atoms with van der Waals surface area (Å²) >= 11 is 0. The van der Waals surface area contributed by atoms with E-state index in [2.05, 4.69) is 9.97 Å². The summed E-state index contributed by atoms with van der Waals surface area (Å²) < 4.78 is 15.6. The predicted octanol–water partition coefficient (Wildman–Crippen LogP) is 0.0418. The number of hydrogen-bond donors (Lipinski definition) is 4. The van der Waals surface area contributed by atoms with E-state index in [4.69, 9.17) is 25.7 Å². The first-order valence-corrected chi connectivity index (χ1v) is 6.56. The van der Waals surface area contributed by atoms with Crippen LogP contribution in [-0.2, 0) is 0 Å². The van der Waals surface area contributed by atoms with E-state index in [0.717, 1.165) is 0 Å². The second-order valence-electron chi connectivity index (χ2n) is 4.61. The highest BCUT2D eigenvalue weighted by Gasteiger charge is 2.23. The van der Waals surface area contributed by atoms with E-state index in [9.17, 15) is 9.90 Å². The molecule has 124 valence electrons. The summed E-state index contributed by atoms with van der Waals surface area (Å²) in [6.07, 6.45) is -1.35. The van der Waals surface area contributed by atoms with Gasteiger partial charge in [-0.25, -0.2) is 0 Å². The molecule has 2 aromatic rings. The summed E-state index contributed by atoms with van der Waals surface area (Å²) in [5, 5.41) is 10.5. The Labute approximate surface area is 131 Å². The number of aromatic nitrogens is 2. The molecule has 0 saturated carbocycles. The number of nitrogens with zero attached hydrogens (tertiary/aromatic N) is 1. The highest BCUT2D eigenvalue weighted by Crippen LogP contribution is 2.40. The van der Waals surface area contributed by atoms with Crippen LogP contribution in [0.4, 0.5) is 11.8 Å². The molecule has 9 nitrogen and oxygen atoms in total. The lowest BCUT2D eigenvalue weighted by molar-refractivity contribution is 0.217. The molecule has 6 N–H and O–H groups in total. The Morgan fingerprint density at radius 1 is 1.13 bits per heavy atom. The molecule has 0 radical (unpaired) electrons. The lowest BCUT2D eigenvalue weighted by Crippen LogP contribution is -2.22. The average molecular weight is 322 g/mol. The molecule has 1 heterocycles. The standard InChI is InChI=1S/C14H18N4O5/c1-21-7-4-6(5-8(22-2)11(7)23-3)10(19)9-12(15)17-14(16)18-13(9)20/h4-5,10,19H,1-3H3,(H5,15,16,17,18,20). The number of H-pyrrole nitrogens is 1. The molecule has 0 aliphatic heterocycles. The molecule has 0 fully saturated rings. The van der Waals surface area contributed by atoms with Crippen molar-refractivity contribution in [2.75, 3.05) is 32.8 Å². The van der Waals surface area contributed by atoms with Crippen molar-refractivity contribution >= 4 is 11.8 Å². The van der Waals surface area contributed by atoms with Crippen LogP contribution in [0.1, 0.15) is 17.2 Å². The van der Waals surface area contributed by atoms with Gasteiger partial charge in [0.15, 0.2) is 11.5 Å². The molecule has 1 aromatic carbocycles. The third-order valence-electron chi connectivity index (χ3n) is 3.28. The smallest absolute Gasteiger partial charge is 0.260 e. The van der Waals surface area contributed by atoms with Gasteiger partial charge in [-0.15, -0.1) is 0 Å². The zero-order valence-electron chi connectivity index (χ0n) is 12.9. The normalized spacial score (nSPS) is 11.8. The van der Waals surface area contributed by atoms with Gasteiger partial charge < -0.3 is 30.8 Å². The van der Waals surface area contributed by atoms with E-state index < -0.39 is 11.7 Å². The van der Waals surface area contributed by atoms with Crippen LogP contribution < -0.4 is 31.2 Å². The Morgan fingerprint density at radius 3 is 2.13 bits per heavy atom. The van der Waals surface area contributed by atoms with E-state index in [1.807, 2.05) is 0 Å².